The zero-order valence-corrected chi connectivity index (χ0v) is 17.6. The second-order valence-electron chi connectivity index (χ2n) is 8.54. The van der Waals surface area contributed by atoms with Crippen molar-refractivity contribution < 1.29 is 4.52 Å². The molecule has 2 aromatic heterocycles. The highest BCUT2D eigenvalue weighted by Gasteiger charge is 2.41. The zero-order chi connectivity index (χ0) is 20.6. The van der Waals surface area contributed by atoms with Gasteiger partial charge in [0.2, 0.25) is 5.89 Å². The Kier molecular flexibility index (Phi) is 4.87. The fourth-order valence-corrected chi connectivity index (χ4v) is 4.63. The molecule has 6 nitrogen and oxygen atoms in total. The maximum Gasteiger partial charge on any atom is 0.240 e. The Bertz CT molecular complexity index is 1100. The van der Waals surface area contributed by atoms with Gasteiger partial charge in [0, 0.05) is 0 Å². The molecule has 0 saturated heterocycles. The fourth-order valence-electron chi connectivity index (χ4n) is 4.63. The number of aryl methyl sites for hydroxylation is 1. The third-order valence-corrected chi connectivity index (χ3v) is 6.22. The van der Waals surface area contributed by atoms with Gasteiger partial charge in [-0.2, -0.15) is 4.98 Å². The van der Waals surface area contributed by atoms with E-state index in [1.165, 1.54) is 24.0 Å². The molecule has 154 valence electrons. The van der Waals surface area contributed by atoms with Gasteiger partial charge in [0.15, 0.2) is 5.82 Å². The maximum absolute atomic E-state index is 5.68. The van der Waals surface area contributed by atoms with E-state index in [2.05, 4.69) is 51.2 Å². The van der Waals surface area contributed by atoms with Crippen LogP contribution in [0.2, 0.25) is 0 Å². The largest absolute Gasteiger partial charge is 0.341 e. The van der Waals surface area contributed by atoms with Crippen molar-refractivity contribution in [3.8, 4) is 0 Å². The van der Waals surface area contributed by atoms with E-state index in [1.807, 2.05) is 31.3 Å². The number of hydrogen-bond acceptors (Lipinski definition) is 5. The third-order valence-electron chi connectivity index (χ3n) is 6.22. The predicted molar refractivity (Wildman–Crippen MR) is 116 cm³/mol. The van der Waals surface area contributed by atoms with Crippen LogP contribution >= 0.6 is 0 Å². The van der Waals surface area contributed by atoms with Crippen molar-refractivity contribution in [3.05, 3.63) is 77.2 Å². The maximum atomic E-state index is 5.68. The molecule has 5 rings (SSSR count). The Morgan fingerprint density at radius 3 is 2.53 bits per heavy atom. The third kappa shape index (κ3) is 3.52. The lowest BCUT2D eigenvalue weighted by Gasteiger charge is -2.26. The lowest BCUT2D eigenvalue weighted by molar-refractivity contribution is 0.255. The SMILES string of the molecule is Cc1ccc(C2(c3noc(CN(C)Cc4nc5ccccc5[nH]4)n3)CCCC2)cc1. The molecular formula is C24H27N5O. The first-order valence-electron chi connectivity index (χ1n) is 10.6. The van der Waals surface area contributed by atoms with Crippen LogP contribution in [0.3, 0.4) is 0 Å². The minimum absolute atomic E-state index is 0.118. The Morgan fingerprint density at radius 2 is 1.77 bits per heavy atom. The van der Waals surface area contributed by atoms with Crippen molar-refractivity contribution in [3.63, 3.8) is 0 Å². The van der Waals surface area contributed by atoms with E-state index in [4.69, 9.17) is 9.51 Å². The average molecular weight is 402 g/mol. The number of aromatic nitrogens is 4. The van der Waals surface area contributed by atoms with Gasteiger partial charge in [-0.05, 0) is 44.5 Å². The van der Waals surface area contributed by atoms with Crippen LogP contribution in [0.15, 0.2) is 53.1 Å². The minimum atomic E-state index is -0.118. The van der Waals surface area contributed by atoms with Crippen LogP contribution in [0.4, 0.5) is 0 Å². The molecule has 0 atom stereocenters. The molecule has 2 heterocycles. The molecule has 0 radical (unpaired) electrons. The lowest BCUT2D eigenvalue weighted by atomic mass is 9.78. The van der Waals surface area contributed by atoms with Crippen molar-refractivity contribution in [1.82, 2.24) is 25.0 Å². The van der Waals surface area contributed by atoms with Crippen LogP contribution in [0, 0.1) is 6.92 Å². The topological polar surface area (TPSA) is 70.8 Å². The van der Waals surface area contributed by atoms with Gasteiger partial charge in [0.1, 0.15) is 5.82 Å². The first-order valence-corrected chi connectivity index (χ1v) is 10.6. The lowest BCUT2D eigenvalue weighted by Crippen LogP contribution is -2.25. The van der Waals surface area contributed by atoms with Crippen LogP contribution in [0.25, 0.3) is 11.0 Å². The van der Waals surface area contributed by atoms with Gasteiger partial charge in [0.25, 0.3) is 0 Å². The summed E-state index contributed by atoms with van der Waals surface area (Å²) >= 11 is 0. The van der Waals surface area contributed by atoms with Crippen molar-refractivity contribution >= 4 is 11.0 Å². The first-order chi connectivity index (χ1) is 14.6. The highest BCUT2D eigenvalue weighted by Crippen LogP contribution is 2.45. The van der Waals surface area contributed by atoms with E-state index in [0.717, 1.165) is 35.5 Å². The Labute approximate surface area is 176 Å². The van der Waals surface area contributed by atoms with Crippen LogP contribution in [-0.4, -0.2) is 32.1 Å². The predicted octanol–water partition coefficient (Wildman–Crippen LogP) is 4.75. The van der Waals surface area contributed by atoms with Crippen molar-refractivity contribution in [2.45, 2.75) is 51.1 Å². The van der Waals surface area contributed by atoms with Gasteiger partial charge in [-0.25, -0.2) is 4.98 Å². The Hall–Kier alpha value is -2.99. The van der Waals surface area contributed by atoms with E-state index < -0.39 is 0 Å². The van der Waals surface area contributed by atoms with Crippen molar-refractivity contribution in [2.75, 3.05) is 7.05 Å². The van der Waals surface area contributed by atoms with E-state index in [1.54, 1.807) is 0 Å². The summed E-state index contributed by atoms with van der Waals surface area (Å²) in [6.45, 7) is 3.40. The second kappa shape index (κ2) is 7.69. The smallest absolute Gasteiger partial charge is 0.240 e. The summed E-state index contributed by atoms with van der Waals surface area (Å²) in [5.41, 5.74) is 4.50. The number of fused-ring (bicyclic) bond motifs is 1. The Morgan fingerprint density at radius 1 is 1.00 bits per heavy atom. The number of aromatic amines is 1. The molecule has 1 aliphatic carbocycles. The zero-order valence-electron chi connectivity index (χ0n) is 17.6. The van der Waals surface area contributed by atoms with Gasteiger partial charge >= 0.3 is 0 Å². The molecule has 0 amide bonds. The minimum Gasteiger partial charge on any atom is -0.341 e. The number of nitrogens with one attached hydrogen (secondary N) is 1. The molecule has 1 N–H and O–H groups in total. The van der Waals surface area contributed by atoms with Gasteiger partial charge in [-0.1, -0.05) is 60.0 Å². The van der Waals surface area contributed by atoms with E-state index in [9.17, 15) is 0 Å². The summed E-state index contributed by atoms with van der Waals surface area (Å²) in [6.07, 6.45) is 4.54. The molecule has 0 bridgehead atoms. The van der Waals surface area contributed by atoms with Gasteiger partial charge < -0.3 is 9.51 Å². The fraction of sp³-hybridized carbons (Fsp3) is 0.375. The summed E-state index contributed by atoms with van der Waals surface area (Å²) in [5, 5.41) is 4.43. The van der Waals surface area contributed by atoms with Gasteiger partial charge in [-0.3, -0.25) is 4.90 Å². The summed E-state index contributed by atoms with van der Waals surface area (Å²) in [5.74, 6) is 2.42. The molecule has 1 fully saturated rings. The standard InChI is InChI=1S/C24H27N5O/c1-17-9-11-18(12-10-17)24(13-5-6-14-24)23-27-22(30-28-23)16-29(2)15-21-25-19-7-3-4-8-20(19)26-21/h3-4,7-12H,5-6,13-16H2,1-2H3,(H,25,26). The second-order valence-corrected chi connectivity index (χ2v) is 8.54. The summed E-state index contributed by atoms with van der Waals surface area (Å²) < 4.78 is 5.68. The highest BCUT2D eigenvalue weighted by atomic mass is 16.5. The molecule has 1 aliphatic rings. The van der Waals surface area contributed by atoms with Gasteiger partial charge in [0.05, 0.1) is 29.5 Å². The van der Waals surface area contributed by atoms with Crippen LogP contribution < -0.4 is 0 Å². The van der Waals surface area contributed by atoms with Crippen LogP contribution in [-0.2, 0) is 18.5 Å². The van der Waals surface area contributed by atoms with Crippen LogP contribution in [0.5, 0.6) is 0 Å². The van der Waals surface area contributed by atoms with E-state index >= 15 is 0 Å². The molecule has 0 aliphatic heterocycles. The van der Waals surface area contributed by atoms with Crippen molar-refractivity contribution in [2.24, 2.45) is 0 Å². The normalized spacial score (nSPS) is 16.0. The number of nitrogens with zero attached hydrogens (tertiary/aromatic N) is 4. The number of benzene rings is 2. The monoisotopic (exact) mass is 401 g/mol. The molecule has 1 saturated carbocycles. The first kappa shape index (κ1) is 19.0. The number of H-pyrrole nitrogens is 1. The molecule has 30 heavy (non-hydrogen) atoms. The Balaban J connectivity index is 1.33. The highest BCUT2D eigenvalue weighted by molar-refractivity contribution is 5.74. The summed E-state index contributed by atoms with van der Waals surface area (Å²) in [6, 6.07) is 16.9. The van der Waals surface area contributed by atoms with Crippen molar-refractivity contribution in [1.29, 1.82) is 0 Å². The molecule has 6 heteroatoms. The van der Waals surface area contributed by atoms with E-state index in [-0.39, 0.29) is 5.41 Å². The molecule has 0 unspecified atom stereocenters. The quantitative estimate of drug-likeness (QED) is 0.505. The summed E-state index contributed by atoms with van der Waals surface area (Å²) in [7, 11) is 2.04. The van der Waals surface area contributed by atoms with E-state index in [0.29, 0.717) is 19.0 Å². The van der Waals surface area contributed by atoms with Gasteiger partial charge in [-0.15, -0.1) is 0 Å². The number of hydrogen-bond donors (Lipinski definition) is 1. The molecule has 2 aromatic carbocycles. The average Bonchev–Trinajstić information content (AvgIpc) is 3.47. The molecular weight excluding hydrogens is 374 g/mol. The number of rotatable bonds is 6. The molecule has 4 aromatic rings. The van der Waals surface area contributed by atoms with Crippen LogP contribution in [0.1, 0.15) is 54.3 Å². The molecule has 0 spiro atoms. The summed E-state index contributed by atoms with van der Waals surface area (Å²) in [4.78, 5) is 15.0. The number of imidazole rings is 1. The number of para-hydroxylation sites is 2.